The molecule has 2 rings (SSSR count). The first-order valence-electron chi connectivity index (χ1n) is 4.74. The highest BCUT2D eigenvalue weighted by molar-refractivity contribution is 6.31. The Morgan fingerprint density at radius 1 is 1.27 bits per heavy atom. The maximum Gasteiger partial charge on any atom is 0.127 e. The molecule has 0 fully saturated rings. The summed E-state index contributed by atoms with van der Waals surface area (Å²) in [4.78, 5) is 0. The number of rotatable bonds is 2. The van der Waals surface area contributed by atoms with E-state index in [2.05, 4.69) is 0 Å². The number of aryl methyl sites for hydroxylation is 1. The number of benzene rings is 1. The van der Waals surface area contributed by atoms with E-state index in [0.29, 0.717) is 5.02 Å². The normalized spacial score (nSPS) is 12.7. The molecular weight excluding hydrogens is 210 g/mol. The lowest BCUT2D eigenvalue weighted by Crippen LogP contribution is -2.12. The van der Waals surface area contributed by atoms with Crippen molar-refractivity contribution in [1.29, 1.82) is 0 Å². The molecule has 2 nitrogen and oxygen atoms in total. The fraction of sp³-hybridized carbons (Fsp3) is 0.167. The zero-order chi connectivity index (χ0) is 10.8. The third-order valence-corrected chi connectivity index (χ3v) is 2.77. The van der Waals surface area contributed by atoms with Gasteiger partial charge in [-0.1, -0.05) is 29.8 Å². The van der Waals surface area contributed by atoms with Crippen molar-refractivity contribution in [2.75, 3.05) is 0 Å². The number of furan rings is 1. The highest BCUT2D eigenvalue weighted by Gasteiger charge is 2.16. The van der Waals surface area contributed by atoms with Gasteiger partial charge in [-0.25, -0.2) is 0 Å². The van der Waals surface area contributed by atoms with Gasteiger partial charge in [0.05, 0.1) is 12.3 Å². The summed E-state index contributed by atoms with van der Waals surface area (Å²) in [6.07, 6.45) is 1.64. The van der Waals surface area contributed by atoms with Crippen molar-refractivity contribution in [1.82, 2.24) is 0 Å². The Hall–Kier alpha value is -1.25. The van der Waals surface area contributed by atoms with Gasteiger partial charge in [-0.2, -0.15) is 0 Å². The molecule has 0 bridgehead atoms. The molecule has 15 heavy (non-hydrogen) atoms. The van der Waals surface area contributed by atoms with Gasteiger partial charge in [0, 0.05) is 5.02 Å². The van der Waals surface area contributed by atoms with E-state index in [1.165, 1.54) is 0 Å². The predicted molar refractivity (Wildman–Crippen MR) is 60.9 cm³/mol. The van der Waals surface area contributed by atoms with Crippen molar-refractivity contribution >= 4 is 11.6 Å². The number of hydrogen-bond donors (Lipinski definition) is 1. The molecule has 0 aliphatic carbocycles. The van der Waals surface area contributed by atoms with E-state index in [-0.39, 0.29) is 6.04 Å². The minimum absolute atomic E-state index is 0.298. The molecule has 0 saturated heterocycles. The molecule has 1 aromatic heterocycles. The molecule has 1 unspecified atom stereocenters. The van der Waals surface area contributed by atoms with Crippen LogP contribution in [0.15, 0.2) is 41.0 Å². The van der Waals surface area contributed by atoms with E-state index in [4.69, 9.17) is 21.8 Å². The fourth-order valence-corrected chi connectivity index (χ4v) is 1.82. The minimum atomic E-state index is -0.298. The Bertz CT molecular complexity index is 464. The average molecular weight is 222 g/mol. The van der Waals surface area contributed by atoms with Crippen LogP contribution in [-0.2, 0) is 0 Å². The van der Waals surface area contributed by atoms with Crippen molar-refractivity contribution in [3.63, 3.8) is 0 Å². The van der Waals surface area contributed by atoms with E-state index in [0.717, 1.165) is 16.9 Å². The van der Waals surface area contributed by atoms with E-state index in [1.54, 1.807) is 6.26 Å². The van der Waals surface area contributed by atoms with E-state index in [1.807, 2.05) is 37.3 Å². The van der Waals surface area contributed by atoms with Crippen LogP contribution in [0.3, 0.4) is 0 Å². The Kier molecular flexibility index (Phi) is 2.80. The van der Waals surface area contributed by atoms with Gasteiger partial charge in [0.2, 0.25) is 0 Å². The van der Waals surface area contributed by atoms with Crippen molar-refractivity contribution in [2.45, 2.75) is 13.0 Å². The van der Waals surface area contributed by atoms with Crippen LogP contribution < -0.4 is 5.73 Å². The van der Waals surface area contributed by atoms with Gasteiger partial charge in [0.1, 0.15) is 5.76 Å². The van der Waals surface area contributed by atoms with Crippen LogP contribution in [0.25, 0.3) is 0 Å². The third-order valence-electron chi connectivity index (χ3n) is 2.42. The topological polar surface area (TPSA) is 39.2 Å². The van der Waals surface area contributed by atoms with Gasteiger partial charge in [-0.15, -0.1) is 0 Å². The predicted octanol–water partition coefficient (Wildman–Crippen LogP) is 3.29. The highest BCUT2D eigenvalue weighted by Crippen LogP contribution is 2.28. The summed E-state index contributed by atoms with van der Waals surface area (Å²) in [5, 5.41) is 0.667. The second-order valence-electron chi connectivity index (χ2n) is 3.47. The third kappa shape index (κ3) is 1.91. The Balaban J connectivity index is 2.41. The Labute approximate surface area is 93.7 Å². The lowest BCUT2D eigenvalue weighted by atomic mass is 10.0. The molecule has 0 radical (unpaired) electrons. The number of halogens is 1. The summed E-state index contributed by atoms with van der Waals surface area (Å²) in [6.45, 7) is 1.97. The second kappa shape index (κ2) is 4.09. The van der Waals surface area contributed by atoms with Crippen molar-refractivity contribution < 1.29 is 4.42 Å². The van der Waals surface area contributed by atoms with Crippen LogP contribution in [0.4, 0.5) is 0 Å². The zero-order valence-corrected chi connectivity index (χ0v) is 9.16. The van der Waals surface area contributed by atoms with Crippen LogP contribution >= 0.6 is 11.6 Å². The maximum absolute atomic E-state index is 6.08. The number of nitrogens with two attached hydrogens (primary N) is 1. The molecule has 3 heteroatoms. The number of hydrogen-bond acceptors (Lipinski definition) is 2. The minimum Gasteiger partial charge on any atom is -0.467 e. The summed E-state index contributed by atoms with van der Waals surface area (Å²) in [6, 6.07) is 9.14. The maximum atomic E-state index is 6.08. The monoisotopic (exact) mass is 221 g/mol. The van der Waals surface area contributed by atoms with Crippen molar-refractivity contribution in [2.24, 2.45) is 5.73 Å². The molecule has 1 atom stereocenters. The fourth-order valence-electron chi connectivity index (χ4n) is 1.57. The average Bonchev–Trinajstić information content (AvgIpc) is 2.64. The molecule has 2 aromatic rings. The molecular formula is C12H12ClNO. The first kappa shape index (κ1) is 10.3. The Morgan fingerprint density at radius 3 is 2.60 bits per heavy atom. The Morgan fingerprint density at radius 2 is 2.00 bits per heavy atom. The van der Waals surface area contributed by atoms with Crippen LogP contribution in [0, 0.1) is 6.92 Å². The first-order valence-corrected chi connectivity index (χ1v) is 5.12. The van der Waals surface area contributed by atoms with E-state index in [9.17, 15) is 0 Å². The highest BCUT2D eigenvalue weighted by atomic mass is 35.5. The molecule has 0 aliphatic heterocycles. The lowest BCUT2D eigenvalue weighted by molar-refractivity contribution is 0.487. The van der Waals surface area contributed by atoms with E-state index >= 15 is 0 Å². The summed E-state index contributed by atoms with van der Waals surface area (Å²) in [5.41, 5.74) is 8.01. The van der Waals surface area contributed by atoms with Gasteiger partial charge < -0.3 is 10.2 Å². The standard InChI is InChI=1S/C12H12ClNO/c1-8-6-7-15-12(8)11(14)9-4-2-3-5-10(9)13/h2-7,11H,14H2,1H3. The smallest absolute Gasteiger partial charge is 0.127 e. The molecule has 0 amide bonds. The molecule has 0 spiro atoms. The van der Waals surface area contributed by atoms with E-state index < -0.39 is 0 Å². The van der Waals surface area contributed by atoms with Crippen molar-refractivity contribution in [3.05, 3.63) is 58.5 Å². The van der Waals surface area contributed by atoms with Gasteiger partial charge >= 0.3 is 0 Å². The lowest BCUT2D eigenvalue weighted by Gasteiger charge is -2.11. The quantitative estimate of drug-likeness (QED) is 0.845. The summed E-state index contributed by atoms with van der Waals surface area (Å²) < 4.78 is 5.35. The molecule has 78 valence electrons. The molecule has 1 aromatic carbocycles. The van der Waals surface area contributed by atoms with Crippen LogP contribution in [0.1, 0.15) is 22.9 Å². The second-order valence-corrected chi connectivity index (χ2v) is 3.87. The molecule has 2 N–H and O–H groups in total. The van der Waals surface area contributed by atoms with Crippen LogP contribution in [-0.4, -0.2) is 0 Å². The SMILES string of the molecule is Cc1ccoc1C(N)c1ccccc1Cl. The summed E-state index contributed by atoms with van der Waals surface area (Å²) >= 11 is 6.07. The van der Waals surface area contributed by atoms with Gasteiger partial charge in [-0.05, 0) is 30.2 Å². The van der Waals surface area contributed by atoms with Gasteiger partial charge in [-0.3, -0.25) is 0 Å². The molecule has 1 heterocycles. The van der Waals surface area contributed by atoms with Gasteiger partial charge in [0.15, 0.2) is 0 Å². The largest absolute Gasteiger partial charge is 0.467 e. The summed E-state index contributed by atoms with van der Waals surface area (Å²) in [5.74, 6) is 0.767. The summed E-state index contributed by atoms with van der Waals surface area (Å²) in [7, 11) is 0. The zero-order valence-electron chi connectivity index (χ0n) is 8.41. The van der Waals surface area contributed by atoms with Gasteiger partial charge in [0.25, 0.3) is 0 Å². The van der Waals surface area contributed by atoms with Crippen molar-refractivity contribution in [3.8, 4) is 0 Å². The first-order chi connectivity index (χ1) is 7.20. The molecule has 0 saturated carbocycles. The molecule has 0 aliphatic rings. The van der Waals surface area contributed by atoms with Crippen LogP contribution in [0.5, 0.6) is 0 Å². The van der Waals surface area contributed by atoms with Crippen LogP contribution in [0.2, 0.25) is 5.02 Å².